The van der Waals surface area contributed by atoms with E-state index in [0.29, 0.717) is 22.7 Å². The molecular weight excluding hydrogens is 481 g/mol. The number of anilines is 2. The third-order valence-corrected chi connectivity index (χ3v) is 5.55. The fourth-order valence-corrected chi connectivity index (χ4v) is 3.71. The van der Waals surface area contributed by atoms with Gasteiger partial charge < -0.3 is 21.4 Å². The monoisotopic (exact) mass is 504 g/mol. The Morgan fingerprint density at radius 2 is 1.84 bits per heavy atom. The van der Waals surface area contributed by atoms with Crippen molar-refractivity contribution >= 4 is 34.7 Å². The van der Waals surface area contributed by atoms with Crippen molar-refractivity contribution in [2.75, 3.05) is 17.7 Å². The Labute approximate surface area is 211 Å². The Morgan fingerprint density at radius 1 is 1.03 bits per heavy atom. The lowest BCUT2D eigenvalue weighted by Crippen LogP contribution is -2.13. The number of hydrogen-bond donors (Lipinski definition) is 4. The summed E-state index contributed by atoms with van der Waals surface area (Å²) in [5, 5.41) is 16.5. The highest BCUT2D eigenvalue weighted by Gasteiger charge is 2.30. The zero-order valence-corrected chi connectivity index (χ0v) is 19.9. The molecule has 188 valence electrons. The highest BCUT2D eigenvalue weighted by Crippen LogP contribution is 2.31. The number of allylic oxidation sites excluding steroid dienone is 1. The van der Waals surface area contributed by atoms with E-state index in [1.165, 1.54) is 12.1 Å². The van der Waals surface area contributed by atoms with Crippen LogP contribution in [-0.2, 0) is 6.18 Å². The fraction of sp³-hybridized carbons (Fsp3) is 0.111. The van der Waals surface area contributed by atoms with Crippen molar-refractivity contribution in [3.05, 3.63) is 95.4 Å². The van der Waals surface area contributed by atoms with Gasteiger partial charge in [-0.25, -0.2) is 9.97 Å². The van der Waals surface area contributed by atoms with Crippen LogP contribution in [-0.4, -0.2) is 29.1 Å². The Morgan fingerprint density at radius 3 is 2.57 bits per heavy atom. The largest absolute Gasteiger partial charge is 0.416 e. The second-order valence-electron chi connectivity index (χ2n) is 8.19. The molecular formula is C27H23F3N6O. The molecule has 0 spiro atoms. The molecule has 4 N–H and O–H groups in total. The zero-order chi connectivity index (χ0) is 26.6. The van der Waals surface area contributed by atoms with Gasteiger partial charge in [-0.05, 0) is 66.1 Å². The van der Waals surface area contributed by atoms with E-state index in [2.05, 4.69) is 25.9 Å². The van der Waals surface area contributed by atoms with Gasteiger partial charge in [0.05, 0.1) is 16.8 Å². The van der Waals surface area contributed by atoms with Crippen molar-refractivity contribution in [3.63, 3.8) is 0 Å². The lowest BCUT2D eigenvalue weighted by atomic mass is 9.97. The molecule has 4 rings (SSSR count). The predicted molar refractivity (Wildman–Crippen MR) is 139 cm³/mol. The highest BCUT2D eigenvalue weighted by atomic mass is 19.4. The van der Waals surface area contributed by atoms with E-state index < -0.39 is 17.6 Å². The van der Waals surface area contributed by atoms with Gasteiger partial charge in [-0.2, -0.15) is 13.2 Å². The van der Waals surface area contributed by atoms with E-state index in [0.717, 1.165) is 40.4 Å². The molecule has 4 aromatic rings. The first-order valence-corrected chi connectivity index (χ1v) is 11.2. The molecule has 7 nitrogen and oxygen atoms in total. The number of fused-ring (bicyclic) bond motifs is 1. The van der Waals surface area contributed by atoms with Gasteiger partial charge in [0.25, 0.3) is 5.91 Å². The summed E-state index contributed by atoms with van der Waals surface area (Å²) in [6, 6.07) is 15.2. The quantitative estimate of drug-likeness (QED) is 0.231. The van der Waals surface area contributed by atoms with Crippen molar-refractivity contribution in [1.29, 1.82) is 5.41 Å². The molecule has 1 amide bonds. The molecule has 0 aliphatic heterocycles. The summed E-state index contributed by atoms with van der Waals surface area (Å²) in [4.78, 5) is 21.6. The van der Waals surface area contributed by atoms with E-state index in [-0.39, 0.29) is 5.69 Å². The average Bonchev–Trinajstić information content (AvgIpc) is 2.88. The van der Waals surface area contributed by atoms with Gasteiger partial charge in [0.2, 0.25) is 5.95 Å². The zero-order valence-electron chi connectivity index (χ0n) is 19.9. The molecule has 0 bridgehead atoms. The van der Waals surface area contributed by atoms with Crippen LogP contribution in [0.3, 0.4) is 0 Å². The number of halogens is 3. The number of alkyl halides is 3. The molecule has 0 fully saturated rings. The molecule has 0 atom stereocenters. The van der Waals surface area contributed by atoms with Crippen molar-refractivity contribution in [2.24, 2.45) is 0 Å². The van der Waals surface area contributed by atoms with Crippen molar-refractivity contribution in [2.45, 2.75) is 13.1 Å². The number of nitrogens with zero attached hydrogens (tertiary/aromatic N) is 2. The maximum Gasteiger partial charge on any atom is 0.416 e. The van der Waals surface area contributed by atoms with Crippen LogP contribution in [0.4, 0.5) is 24.8 Å². The molecule has 0 radical (unpaired) electrons. The van der Waals surface area contributed by atoms with Crippen LogP contribution >= 0.6 is 0 Å². The maximum absolute atomic E-state index is 13.0. The topological polar surface area (TPSA) is 103 Å². The molecule has 0 aliphatic rings. The predicted octanol–water partition coefficient (Wildman–Crippen LogP) is 6.00. The summed E-state index contributed by atoms with van der Waals surface area (Å²) in [5.41, 5.74) is 3.26. The lowest BCUT2D eigenvalue weighted by molar-refractivity contribution is -0.137. The summed E-state index contributed by atoms with van der Waals surface area (Å²) in [5.74, 6) is -0.174. The number of nitrogens with one attached hydrogen (secondary N) is 4. The minimum atomic E-state index is -4.50. The van der Waals surface area contributed by atoms with Crippen molar-refractivity contribution < 1.29 is 18.0 Å². The fourth-order valence-electron chi connectivity index (χ4n) is 3.71. The Balaban J connectivity index is 1.60. The molecule has 3 aromatic carbocycles. The number of carbonyl (C=O) groups excluding carboxylic acids is 1. The minimum absolute atomic E-state index is 0.0601. The number of rotatable bonds is 7. The van der Waals surface area contributed by atoms with Crippen LogP contribution in [0.15, 0.2) is 78.8 Å². The van der Waals surface area contributed by atoms with Crippen LogP contribution in [0, 0.1) is 12.3 Å². The van der Waals surface area contributed by atoms with Crippen LogP contribution in [0.2, 0.25) is 0 Å². The number of aromatic nitrogens is 2. The second-order valence-corrected chi connectivity index (χ2v) is 8.19. The van der Waals surface area contributed by atoms with Crippen molar-refractivity contribution in [1.82, 2.24) is 15.3 Å². The van der Waals surface area contributed by atoms with E-state index in [1.54, 1.807) is 37.6 Å². The van der Waals surface area contributed by atoms with E-state index in [4.69, 9.17) is 5.41 Å². The molecule has 0 saturated heterocycles. The second kappa shape index (κ2) is 10.5. The number of amides is 1. The van der Waals surface area contributed by atoms with Crippen LogP contribution in [0.5, 0.6) is 0 Å². The van der Waals surface area contributed by atoms with Gasteiger partial charge in [0.15, 0.2) is 0 Å². The number of benzene rings is 3. The lowest BCUT2D eigenvalue weighted by Gasteiger charge is -2.12. The summed E-state index contributed by atoms with van der Waals surface area (Å²) in [6.45, 7) is 1.91. The van der Waals surface area contributed by atoms with Gasteiger partial charge in [-0.1, -0.05) is 18.2 Å². The van der Waals surface area contributed by atoms with Crippen LogP contribution in [0.25, 0.3) is 22.0 Å². The molecule has 10 heteroatoms. The Kier molecular flexibility index (Phi) is 7.19. The molecule has 0 aliphatic carbocycles. The number of hydrogen-bond acceptors (Lipinski definition) is 6. The minimum Gasteiger partial charge on any atom is -0.392 e. The van der Waals surface area contributed by atoms with E-state index >= 15 is 0 Å². The van der Waals surface area contributed by atoms with Gasteiger partial charge in [0, 0.05) is 42.3 Å². The SMILES string of the molecule is CN/C=C(\C=N)Nc1ncc2cc(-c3cc(C(=O)Nc4cccc(C(F)(F)F)c4)ccc3C)ccc2n1. The number of carbonyl (C=O) groups is 1. The first kappa shape index (κ1) is 25.4. The standard InChI is InChI=1S/C27H23F3N6O/c1-16-6-7-18(25(37)34-21-5-3-4-20(12-21)27(28,29)30)11-23(16)17-8-9-24-19(10-17)14-33-26(36-24)35-22(13-31)15-32-2/h3-15,31-32H,1-2H3,(H,34,37)(H,33,35,36)/b22-15+,31-13?. The Bertz CT molecular complexity index is 1510. The highest BCUT2D eigenvalue weighted by molar-refractivity contribution is 6.05. The summed E-state index contributed by atoms with van der Waals surface area (Å²) in [7, 11) is 1.72. The average molecular weight is 505 g/mol. The van der Waals surface area contributed by atoms with E-state index in [1.807, 2.05) is 25.1 Å². The summed E-state index contributed by atoms with van der Waals surface area (Å²) < 4.78 is 39.0. The molecule has 0 saturated carbocycles. The summed E-state index contributed by atoms with van der Waals surface area (Å²) >= 11 is 0. The molecule has 1 aromatic heterocycles. The van der Waals surface area contributed by atoms with Gasteiger partial charge in [-0.3, -0.25) is 4.79 Å². The van der Waals surface area contributed by atoms with Crippen LogP contribution < -0.4 is 16.0 Å². The first-order valence-electron chi connectivity index (χ1n) is 11.2. The van der Waals surface area contributed by atoms with Gasteiger partial charge in [0.1, 0.15) is 0 Å². The third kappa shape index (κ3) is 5.92. The molecule has 0 unspecified atom stereocenters. The third-order valence-electron chi connectivity index (χ3n) is 5.55. The first-order chi connectivity index (χ1) is 17.7. The van der Waals surface area contributed by atoms with E-state index in [9.17, 15) is 18.0 Å². The maximum atomic E-state index is 13.0. The molecule has 1 heterocycles. The summed E-state index contributed by atoms with van der Waals surface area (Å²) in [6.07, 6.45) is -0.0799. The number of aryl methyl sites for hydroxylation is 1. The van der Waals surface area contributed by atoms with Gasteiger partial charge in [-0.15, -0.1) is 0 Å². The van der Waals surface area contributed by atoms with Gasteiger partial charge >= 0.3 is 6.18 Å². The molecule has 37 heavy (non-hydrogen) atoms. The van der Waals surface area contributed by atoms with Crippen LogP contribution in [0.1, 0.15) is 21.5 Å². The normalized spacial score (nSPS) is 11.8. The Hall–Kier alpha value is -4.73. The van der Waals surface area contributed by atoms with Crippen molar-refractivity contribution in [3.8, 4) is 11.1 Å². The smallest absolute Gasteiger partial charge is 0.392 e.